The van der Waals surface area contributed by atoms with Crippen LogP contribution in [0.2, 0.25) is 0 Å². The Hall–Kier alpha value is -2.41. The minimum absolute atomic E-state index is 0.000300. The molecule has 1 aromatic carbocycles. The van der Waals surface area contributed by atoms with E-state index in [1.54, 1.807) is 24.6 Å². The topological polar surface area (TPSA) is 74.3 Å². The Morgan fingerprint density at radius 2 is 1.88 bits per heavy atom. The first-order valence-corrected chi connectivity index (χ1v) is 8.45. The fourth-order valence-electron chi connectivity index (χ4n) is 2.03. The summed E-state index contributed by atoms with van der Waals surface area (Å²) < 4.78 is 0. The highest BCUT2D eigenvalue weighted by atomic mass is 32.1. The van der Waals surface area contributed by atoms with Crippen LogP contribution in [0.3, 0.4) is 0 Å². The molecule has 128 valence electrons. The molecule has 0 spiro atoms. The second-order valence-electron chi connectivity index (χ2n) is 6.50. The van der Waals surface area contributed by atoms with Crippen molar-refractivity contribution in [1.82, 2.24) is 15.2 Å². The maximum Gasteiger partial charge on any atom is 0.322 e. The summed E-state index contributed by atoms with van der Waals surface area (Å²) in [5.41, 5.74) is 1.35. The van der Waals surface area contributed by atoms with Crippen LogP contribution in [0.25, 0.3) is 10.6 Å². The number of hydrogen-bond acceptors (Lipinski definition) is 4. The van der Waals surface area contributed by atoms with Gasteiger partial charge in [-0.25, -0.2) is 9.78 Å². The highest BCUT2D eigenvalue weighted by molar-refractivity contribution is 7.13. The molecule has 2 N–H and O–H groups in total. The fraction of sp³-hybridized carbons (Fsp3) is 0.353. The van der Waals surface area contributed by atoms with Crippen molar-refractivity contribution in [2.75, 3.05) is 18.9 Å². The second-order valence-corrected chi connectivity index (χ2v) is 7.39. The van der Waals surface area contributed by atoms with Gasteiger partial charge in [-0.15, -0.1) is 11.3 Å². The molecule has 1 heterocycles. The number of hydrogen-bond donors (Lipinski definition) is 2. The van der Waals surface area contributed by atoms with Gasteiger partial charge in [0.2, 0.25) is 5.91 Å². The lowest BCUT2D eigenvalue weighted by atomic mass is 10.1. The van der Waals surface area contributed by atoms with Crippen molar-refractivity contribution in [3.8, 4) is 10.6 Å². The predicted molar refractivity (Wildman–Crippen MR) is 97.1 cm³/mol. The molecule has 7 heteroatoms. The van der Waals surface area contributed by atoms with Crippen LogP contribution < -0.4 is 10.6 Å². The van der Waals surface area contributed by atoms with Gasteiger partial charge in [0.15, 0.2) is 0 Å². The quantitative estimate of drug-likeness (QED) is 0.893. The number of urea groups is 1. The standard InChI is InChI=1S/C17H22N4O2S/c1-17(2,3)20-14(22)11-21(4)16(23)19-13-7-5-12(6-8-13)15-18-9-10-24-15/h5-10H,11H2,1-4H3,(H,19,23)(H,20,22). The lowest BCUT2D eigenvalue weighted by molar-refractivity contribution is -0.122. The third kappa shape index (κ3) is 5.34. The molecule has 1 aromatic heterocycles. The third-order valence-electron chi connectivity index (χ3n) is 3.06. The number of thiazole rings is 1. The predicted octanol–water partition coefficient (Wildman–Crippen LogP) is 3.19. The number of rotatable bonds is 4. The van der Waals surface area contributed by atoms with Gasteiger partial charge in [-0.1, -0.05) is 0 Å². The van der Waals surface area contributed by atoms with Gasteiger partial charge in [-0.3, -0.25) is 4.79 Å². The molecule has 0 fully saturated rings. The minimum atomic E-state index is -0.332. The van der Waals surface area contributed by atoms with Gasteiger partial charge in [0.1, 0.15) is 11.6 Å². The summed E-state index contributed by atoms with van der Waals surface area (Å²) in [6.45, 7) is 5.69. The molecule has 0 aliphatic heterocycles. The fourth-order valence-corrected chi connectivity index (χ4v) is 2.67. The van der Waals surface area contributed by atoms with Gasteiger partial charge in [-0.2, -0.15) is 0 Å². The molecule has 0 saturated carbocycles. The molecule has 6 nitrogen and oxygen atoms in total. The van der Waals surface area contributed by atoms with Crippen LogP contribution in [-0.2, 0) is 4.79 Å². The number of benzene rings is 1. The highest BCUT2D eigenvalue weighted by Gasteiger charge is 2.17. The molecule has 0 bridgehead atoms. The molecule has 24 heavy (non-hydrogen) atoms. The summed E-state index contributed by atoms with van der Waals surface area (Å²) in [7, 11) is 1.58. The van der Waals surface area contributed by atoms with Gasteiger partial charge in [0.05, 0.1) is 0 Å². The van der Waals surface area contributed by atoms with Crippen molar-refractivity contribution in [1.29, 1.82) is 0 Å². The first-order chi connectivity index (χ1) is 11.2. The number of nitrogens with zero attached hydrogens (tertiary/aromatic N) is 2. The molecule has 0 radical (unpaired) electrons. The number of carbonyl (C=O) groups excluding carboxylic acids is 2. The zero-order valence-corrected chi connectivity index (χ0v) is 15.1. The van der Waals surface area contributed by atoms with Crippen LogP contribution in [0.5, 0.6) is 0 Å². The lowest BCUT2D eigenvalue weighted by Crippen LogP contribution is -2.47. The monoisotopic (exact) mass is 346 g/mol. The van der Waals surface area contributed by atoms with E-state index < -0.39 is 0 Å². The summed E-state index contributed by atoms with van der Waals surface area (Å²) in [4.78, 5) is 29.6. The Balaban J connectivity index is 1.90. The van der Waals surface area contributed by atoms with E-state index in [-0.39, 0.29) is 24.0 Å². The number of nitrogens with one attached hydrogen (secondary N) is 2. The molecule has 0 unspecified atom stereocenters. The van der Waals surface area contributed by atoms with E-state index in [1.165, 1.54) is 4.90 Å². The largest absolute Gasteiger partial charge is 0.350 e. The Bertz CT molecular complexity index is 690. The van der Waals surface area contributed by atoms with E-state index >= 15 is 0 Å². The van der Waals surface area contributed by atoms with E-state index in [9.17, 15) is 9.59 Å². The maximum atomic E-state index is 12.2. The number of likely N-dealkylation sites (N-methyl/N-ethyl adjacent to an activating group) is 1. The smallest absolute Gasteiger partial charge is 0.322 e. The number of anilines is 1. The zero-order chi connectivity index (χ0) is 17.7. The third-order valence-corrected chi connectivity index (χ3v) is 3.88. The first-order valence-electron chi connectivity index (χ1n) is 7.58. The average Bonchev–Trinajstić information content (AvgIpc) is 3.00. The van der Waals surface area contributed by atoms with Crippen LogP contribution in [-0.4, -0.2) is 41.0 Å². The summed E-state index contributed by atoms with van der Waals surface area (Å²) >= 11 is 1.56. The van der Waals surface area contributed by atoms with Crippen molar-refractivity contribution in [3.05, 3.63) is 35.8 Å². The molecule has 0 aliphatic carbocycles. The van der Waals surface area contributed by atoms with Gasteiger partial charge in [0, 0.05) is 35.4 Å². The van der Waals surface area contributed by atoms with Crippen molar-refractivity contribution in [3.63, 3.8) is 0 Å². The van der Waals surface area contributed by atoms with Crippen LogP contribution in [0, 0.1) is 0 Å². The van der Waals surface area contributed by atoms with Gasteiger partial charge >= 0.3 is 6.03 Å². The molecular formula is C17H22N4O2S. The van der Waals surface area contributed by atoms with Crippen molar-refractivity contribution >= 4 is 29.0 Å². The summed E-state index contributed by atoms with van der Waals surface area (Å²) in [6.07, 6.45) is 1.76. The van der Waals surface area contributed by atoms with E-state index in [1.807, 2.05) is 50.4 Å². The number of amides is 3. The molecule has 2 aromatic rings. The highest BCUT2D eigenvalue weighted by Crippen LogP contribution is 2.23. The van der Waals surface area contributed by atoms with Gasteiger partial charge in [-0.05, 0) is 45.0 Å². The van der Waals surface area contributed by atoms with Crippen LogP contribution >= 0.6 is 11.3 Å². The lowest BCUT2D eigenvalue weighted by Gasteiger charge is -2.23. The molecule has 0 aliphatic rings. The zero-order valence-electron chi connectivity index (χ0n) is 14.3. The number of aromatic nitrogens is 1. The van der Waals surface area contributed by atoms with Gasteiger partial charge in [0.25, 0.3) is 0 Å². The van der Waals surface area contributed by atoms with Gasteiger partial charge < -0.3 is 15.5 Å². The van der Waals surface area contributed by atoms with Crippen molar-refractivity contribution in [2.45, 2.75) is 26.3 Å². The second kappa shape index (κ2) is 7.44. The molecule has 0 saturated heterocycles. The first kappa shape index (κ1) is 17.9. The Morgan fingerprint density at radius 1 is 1.21 bits per heavy atom. The molecule has 0 atom stereocenters. The van der Waals surface area contributed by atoms with E-state index in [2.05, 4.69) is 15.6 Å². The van der Waals surface area contributed by atoms with Crippen molar-refractivity contribution < 1.29 is 9.59 Å². The van der Waals surface area contributed by atoms with E-state index in [0.29, 0.717) is 5.69 Å². The molecule has 2 rings (SSSR count). The summed E-state index contributed by atoms with van der Waals surface area (Å²) in [5.74, 6) is -0.195. The SMILES string of the molecule is CN(CC(=O)NC(C)(C)C)C(=O)Nc1ccc(-c2nccs2)cc1. The van der Waals surface area contributed by atoms with E-state index in [0.717, 1.165) is 10.6 Å². The Labute approximate surface area is 145 Å². The summed E-state index contributed by atoms with van der Waals surface area (Å²) in [5, 5.41) is 8.45. The average molecular weight is 346 g/mol. The maximum absolute atomic E-state index is 12.2. The number of carbonyl (C=O) groups is 2. The Morgan fingerprint density at radius 3 is 2.42 bits per heavy atom. The van der Waals surface area contributed by atoms with Crippen LogP contribution in [0.1, 0.15) is 20.8 Å². The summed E-state index contributed by atoms with van der Waals surface area (Å²) in [6, 6.07) is 7.11. The Kier molecular flexibility index (Phi) is 5.56. The van der Waals surface area contributed by atoms with E-state index in [4.69, 9.17) is 0 Å². The minimum Gasteiger partial charge on any atom is -0.350 e. The normalized spacial score (nSPS) is 11.0. The molecule has 3 amide bonds. The molecular weight excluding hydrogens is 324 g/mol. The van der Waals surface area contributed by atoms with Crippen LogP contribution in [0.15, 0.2) is 35.8 Å². The van der Waals surface area contributed by atoms with Crippen LogP contribution in [0.4, 0.5) is 10.5 Å². The van der Waals surface area contributed by atoms with Crippen molar-refractivity contribution in [2.24, 2.45) is 0 Å².